The minimum Gasteiger partial charge on any atom is -0.455 e. The number of benzene rings is 2. The van der Waals surface area contributed by atoms with Crippen molar-refractivity contribution in [1.29, 1.82) is 0 Å². The van der Waals surface area contributed by atoms with Crippen molar-refractivity contribution in [2.75, 3.05) is 20.6 Å². The van der Waals surface area contributed by atoms with Crippen LogP contribution in [-0.4, -0.2) is 42.0 Å². The molecule has 0 aromatic heterocycles. The fraction of sp³-hybridized carbons (Fsp3) is 0.423. The molecule has 1 aliphatic rings. The molecule has 188 valence electrons. The van der Waals surface area contributed by atoms with E-state index >= 15 is 0 Å². The van der Waals surface area contributed by atoms with Gasteiger partial charge in [-0.3, -0.25) is 19.6 Å². The summed E-state index contributed by atoms with van der Waals surface area (Å²) in [7, 11) is 3.90. The van der Waals surface area contributed by atoms with E-state index in [1.54, 1.807) is 6.07 Å². The molecule has 1 saturated carbocycles. The third-order valence-corrected chi connectivity index (χ3v) is 6.67. The maximum atomic E-state index is 14.8. The number of hydrogen-bond donors (Lipinski definition) is 1. The lowest BCUT2D eigenvalue weighted by Crippen LogP contribution is -2.42. The van der Waals surface area contributed by atoms with Crippen LogP contribution in [0.1, 0.15) is 44.1 Å². The Hall–Kier alpha value is -2.91. The SMILES string of the molecule is CN(C)CC/C(=C\Cc1ccccc1)Oc1ccc(SNC(=O)C2(F)CCCCC2)cc1[N+](=O)[O-]. The number of amides is 1. The molecule has 1 N–H and O–H groups in total. The van der Waals surface area contributed by atoms with Crippen molar-refractivity contribution >= 4 is 23.5 Å². The number of nitro benzene ring substituents is 1. The van der Waals surface area contributed by atoms with Crippen molar-refractivity contribution in [3.8, 4) is 5.75 Å². The molecule has 0 saturated heterocycles. The molecule has 2 aromatic carbocycles. The van der Waals surface area contributed by atoms with E-state index in [2.05, 4.69) is 4.72 Å². The van der Waals surface area contributed by atoms with Gasteiger partial charge in [0.05, 0.1) is 4.92 Å². The molecule has 1 fully saturated rings. The number of carbonyl (C=O) groups excluding carboxylic acids is 1. The molecule has 1 aliphatic carbocycles. The van der Waals surface area contributed by atoms with Gasteiger partial charge < -0.3 is 9.64 Å². The average Bonchev–Trinajstić information content (AvgIpc) is 2.85. The summed E-state index contributed by atoms with van der Waals surface area (Å²) in [6.07, 6.45) is 5.87. The van der Waals surface area contributed by atoms with Gasteiger partial charge in [-0.15, -0.1) is 0 Å². The van der Waals surface area contributed by atoms with Crippen LogP contribution in [0.15, 0.2) is 65.3 Å². The Kier molecular flexibility index (Phi) is 9.68. The molecule has 7 nitrogen and oxygen atoms in total. The Morgan fingerprint density at radius 2 is 1.91 bits per heavy atom. The van der Waals surface area contributed by atoms with Crippen LogP contribution in [0.3, 0.4) is 0 Å². The van der Waals surface area contributed by atoms with Crippen LogP contribution in [0, 0.1) is 10.1 Å². The Morgan fingerprint density at radius 3 is 2.57 bits per heavy atom. The Balaban J connectivity index is 1.73. The van der Waals surface area contributed by atoms with Gasteiger partial charge in [0.2, 0.25) is 5.75 Å². The van der Waals surface area contributed by atoms with E-state index < -0.39 is 16.5 Å². The highest BCUT2D eigenvalue weighted by molar-refractivity contribution is 7.98. The van der Waals surface area contributed by atoms with Crippen LogP contribution in [0.2, 0.25) is 0 Å². The maximum Gasteiger partial charge on any atom is 0.312 e. The third-order valence-electron chi connectivity index (χ3n) is 5.90. The van der Waals surface area contributed by atoms with Gasteiger partial charge in [0.25, 0.3) is 5.91 Å². The summed E-state index contributed by atoms with van der Waals surface area (Å²) in [5.74, 6) is 0.0778. The second-order valence-corrected chi connectivity index (χ2v) is 9.84. The molecular formula is C26H32FN3O4S. The predicted molar refractivity (Wildman–Crippen MR) is 136 cm³/mol. The molecule has 0 unspecified atom stereocenters. The fourth-order valence-corrected chi connectivity index (χ4v) is 4.54. The van der Waals surface area contributed by atoms with Crippen molar-refractivity contribution in [2.45, 2.75) is 55.5 Å². The number of carbonyl (C=O) groups is 1. The van der Waals surface area contributed by atoms with Crippen molar-refractivity contribution < 1.29 is 18.8 Å². The molecule has 0 spiro atoms. The highest BCUT2D eigenvalue weighted by atomic mass is 32.2. The van der Waals surface area contributed by atoms with Gasteiger partial charge in [0, 0.05) is 23.9 Å². The van der Waals surface area contributed by atoms with Crippen LogP contribution < -0.4 is 9.46 Å². The lowest BCUT2D eigenvalue weighted by atomic mass is 9.86. The molecule has 9 heteroatoms. The van der Waals surface area contributed by atoms with Crippen molar-refractivity contribution in [2.24, 2.45) is 0 Å². The van der Waals surface area contributed by atoms with Gasteiger partial charge in [-0.2, -0.15) is 0 Å². The van der Waals surface area contributed by atoms with Crippen LogP contribution in [0.5, 0.6) is 5.75 Å². The van der Waals surface area contributed by atoms with E-state index in [-0.39, 0.29) is 24.3 Å². The average molecular weight is 502 g/mol. The third kappa shape index (κ3) is 8.07. The second kappa shape index (κ2) is 12.7. The zero-order chi connectivity index (χ0) is 25.3. The summed E-state index contributed by atoms with van der Waals surface area (Å²) < 4.78 is 23.4. The zero-order valence-electron chi connectivity index (χ0n) is 20.2. The minimum absolute atomic E-state index is 0.123. The number of nitrogens with zero attached hydrogens (tertiary/aromatic N) is 2. The van der Waals surface area contributed by atoms with Crippen molar-refractivity contribution in [3.63, 3.8) is 0 Å². The Morgan fingerprint density at radius 1 is 1.20 bits per heavy atom. The van der Waals surface area contributed by atoms with E-state index in [4.69, 9.17) is 4.74 Å². The van der Waals surface area contributed by atoms with Gasteiger partial charge in [0.15, 0.2) is 5.67 Å². The van der Waals surface area contributed by atoms with Crippen molar-refractivity contribution in [1.82, 2.24) is 9.62 Å². The van der Waals surface area contributed by atoms with Crippen molar-refractivity contribution in [3.05, 3.63) is 76.0 Å². The first-order valence-corrected chi connectivity index (χ1v) is 12.6. The number of hydrogen-bond acceptors (Lipinski definition) is 6. The summed E-state index contributed by atoms with van der Waals surface area (Å²) in [6, 6.07) is 14.4. The normalized spacial score (nSPS) is 15.6. The molecule has 0 heterocycles. The summed E-state index contributed by atoms with van der Waals surface area (Å²) in [6.45, 7) is 0.722. The molecule has 3 rings (SSSR count). The van der Waals surface area contributed by atoms with Crippen LogP contribution in [0.4, 0.5) is 10.1 Å². The molecule has 1 amide bonds. The van der Waals surface area contributed by atoms with Gasteiger partial charge in [-0.05, 0) is 81.9 Å². The topological polar surface area (TPSA) is 84.7 Å². The quantitative estimate of drug-likeness (QED) is 0.180. The van der Waals surface area contributed by atoms with E-state index in [0.717, 1.165) is 30.5 Å². The Bertz CT molecular complexity index is 1040. The molecule has 0 atom stereocenters. The highest BCUT2D eigenvalue weighted by Crippen LogP contribution is 2.35. The first-order chi connectivity index (χ1) is 16.8. The number of nitro groups is 1. The first kappa shape index (κ1) is 26.7. The lowest BCUT2D eigenvalue weighted by molar-refractivity contribution is -0.385. The van der Waals surface area contributed by atoms with Crippen LogP contribution >= 0.6 is 11.9 Å². The molecular weight excluding hydrogens is 469 g/mol. The largest absolute Gasteiger partial charge is 0.455 e. The van der Waals surface area contributed by atoms with Crippen LogP contribution in [0.25, 0.3) is 0 Å². The number of nitrogens with one attached hydrogen (secondary N) is 1. The lowest BCUT2D eigenvalue weighted by Gasteiger charge is -2.27. The molecule has 0 aliphatic heterocycles. The maximum absolute atomic E-state index is 14.8. The van der Waals surface area contributed by atoms with E-state index in [9.17, 15) is 19.3 Å². The van der Waals surface area contributed by atoms with Gasteiger partial charge in [0.1, 0.15) is 5.76 Å². The first-order valence-electron chi connectivity index (χ1n) is 11.8. The second-order valence-electron chi connectivity index (χ2n) is 8.96. The fourth-order valence-electron chi connectivity index (χ4n) is 3.84. The summed E-state index contributed by atoms with van der Waals surface area (Å²) in [5, 5.41) is 11.8. The predicted octanol–water partition coefficient (Wildman–Crippen LogP) is 5.85. The summed E-state index contributed by atoms with van der Waals surface area (Å²) >= 11 is 0.881. The molecule has 35 heavy (non-hydrogen) atoms. The highest BCUT2D eigenvalue weighted by Gasteiger charge is 2.39. The van der Waals surface area contributed by atoms with Crippen LogP contribution in [-0.2, 0) is 11.2 Å². The summed E-state index contributed by atoms with van der Waals surface area (Å²) in [4.78, 5) is 26.1. The van der Waals surface area contributed by atoms with Gasteiger partial charge in [-0.25, -0.2) is 4.39 Å². The number of allylic oxidation sites excluding steroid dienone is 1. The Labute approximate surface area is 210 Å². The van der Waals surface area contributed by atoms with Gasteiger partial charge >= 0.3 is 5.69 Å². The van der Waals surface area contributed by atoms with E-state index in [1.165, 1.54) is 12.1 Å². The standard InChI is InChI=1S/C26H32FN3O4S/c1-29(2)18-15-21(12-11-20-9-5-3-6-10-20)34-24-14-13-22(19-23(24)30(32)33)35-28-25(31)26(27)16-7-4-8-17-26/h3,5-6,9-10,12-14,19H,4,7-8,11,15-18H2,1-2H3,(H,28,31)/b21-12+. The number of ether oxygens (including phenoxy) is 1. The minimum atomic E-state index is -1.87. The van der Waals surface area contributed by atoms with E-state index in [1.807, 2.05) is 55.4 Å². The number of alkyl halides is 1. The number of rotatable bonds is 11. The molecule has 0 radical (unpaired) electrons. The monoisotopic (exact) mass is 501 g/mol. The number of halogens is 1. The zero-order valence-corrected chi connectivity index (χ0v) is 21.0. The smallest absolute Gasteiger partial charge is 0.312 e. The van der Waals surface area contributed by atoms with Gasteiger partial charge in [-0.1, -0.05) is 36.8 Å². The van der Waals surface area contributed by atoms with E-state index in [0.29, 0.717) is 36.3 Å². The molecule has 2 aromatic rings. The summed E-state index contributed by atoms with van der Waals surface area (Å²) in [5.41, 5.74) is -0.975. The molecule has 0 bridgehead atoms.